The smallest absolute Gasteiger partial charge is 0.335 e. The van der Waals surface area contributed by atoms with Crippen molar-refractivity contribution in [3.63, 3.8) is 0 Å². The lowest BCUT2D eigenvalue weighted by molar-refractivity contribution is -0.141. The van der Waals surface area contributed by atoms with Gasteiger partial charge in [-0.05, 0) is 29.8 Å². The number of carboxylic acids is 2. The van der Waals surface area contributed by atoms with Gasteiger partial charge in [-0.15, -0.1) is 0 Å². The van der Waals surface area contributed by atoms with Gasteiger partial charge in [-0.1, -0.05) is 18.2 Å². The summed E-state index contributed by atoms with van der Waals surface area (Å²) in [5.74, 6) is -4.12. The molecule has 1 aromatic heterocycles. The van der Waals surface area contributed by atoms with Crippen LogP contribution < -0.4 is 0 Å². The minimum Gasteiger partial charge on any atom is -0.480 e. The summed E-state index contributed by atoms with van der Waals surface area (Å²) in [6.45, 7) is 0. The zero-order valence-electron chi connectivity index (χ0n) is 14.4. The molecule has 0 radical (unpaired) electrons. The number of hydrogen-bond donors (Lipinski definition) is 3. The van der Waals surface area contributed by atoms with Gasteiger partial charge in [0.15, 0.2) is 0 Å². The Hall–Kier alpha value is -3.94. The van der Waals surface area contributed by atoms with E-state index in [-0.39, 0.29) is 23.1 Å². The maximum absolute atomic E-state index is 12.8. The van der Waals surface area contributed by atoms with Gasteiger partial charge in [0.25, 0.3) is 11.8 Å². The van der Waals surface area contributed by atoms with Crippen molar-refractivity contribution in [1.82, 2.24) is 9.88 Å². The Labute approximate surface area is 158 Å². The quantitative estimate of drug-likeness (QED) is 0.584. The number of rotatable bonds is 5. The normalized spacial score (nSPS) is 14.4. The number of H-pyrrole nitrogens is 1. The number of carbonyl (C=O) groups excluding carboxylic acids is 2. The van der Waals surface area contributed by atoms with E-state index in [4.69, 9.17) is 5.11 Å². The first-order chi connectivity index (χ1) is 13.4. The molecule has 4 rings (SSSR count). The summed E-state index contributed by atoms with van der Waals surface area (Å²) in [6.07, 6.45) is 1.58. The van der Waals surface area contributed by atoms with E-state index in [1.54, 1.807) is 6.20 Å². The number of fused-ring (bicyclic) bond motifs is 2. The molecule has 2 aromatic carbocycles. The average Bonchev–Trinajstić information content (AvgIpc) is 3.19. The highest BCUT2D eigenvalue weighted by molar-refractivity contribution is 6.23. The minimum atomic E-state index is -1.42. The Balaban J connectivity index is 1.72. The van der Waals surface area contributed by atoms with Crippen LogP contribution in [0.2, 0.25) is 0 Å². The van der Waals surface area contributed by atoms with Crippen molar-refractivity contribution in [1.29, 1.82) is 0 Å². The fourth-order valence-corrected chi connectivity index (χ4v) is 3.47. The maximum atomic E-state index is 12.8. The molecular formula is C20H14N2O6. The lowest BCUT2D eigenvalue weighted by Gasteiger charge is -2.22. The molecule has 1 atom stereocenters. The molecule has 2 amide bonds. The summed E-state index contributed by atoms with van der Waals surface area (Å²) < 4.78 is 0. The first kappa shape index (κ1) is 17.5. The molecule has 3 N–H and O–H groups in total. The highest BCUT2D eigenvalue weighted by Gasteiger charge is 2.43. The van der Waals surface area contributed by atoms with Gasteiger partial charge in [0, 0.05) is 23.5 Å². The summed E-state index contributed by atoms with van der Waals surface area (Å²) in [5.41, 5.74) is 1.22. The number of aromatic carboxylic acids is 1. The Morgan fingerprint density at radius 2 is 1.71 bits per heavy atom. The van der Waals surface area contributed by atoms with Crippen LogP contribution in [0, 0.1) is 0 Å². The molecule has 140 valence electrons. The topological polar surface area (TPSA) is 128 Å². The van der Waals surface area contributed by atoms with Gasteiger partial charge in [-0.25, -0.2) is 9.59 Å². The number of imide groups is 1. The van der Waals surface area contributed by atoms with Crippen LogP contribution in [-0.4, -0.2) is 49.9 Å². The van der Waals surface area contributed by atoms with Crippen LogP contribution in [0.25, 0.3) is 10.9 Å². The standard InChI is InChI=1S/C20H14N2O6/c23-17-13-6-5-10(19(25)26)7-14(13)18(24)22(17)16(20(27)28)8-11-9-21-15-4-2-1-3-12(11)15/h1-7,9,16,21H,8H2,(H,25,26)(H,27,28)/t16-/m1/s1. The first-order valence-electron chi connectivity index (χ1n) is 8.41. The van der Waals surface area contributed by atoms with Crippen LogP contribution in [0.4, 0.5) is 0 Å². The summed E-state index contributed by atoms with van der Waals surface area (Å²) in [5, 5.41) is 19.6. The zero-order chi connectivity index (χ0) is 20.0. The van der Waals surface area contributed by atoms with Crippen molar-refractivity contribution in [3.8, 4) is 0 Å². The third-order valence-corrected chi connectivity index (χ3v) is 4.85. The number of aromatic nitrogens is 1. The number of aliphatic carboxylic acids is 1. The molecule has 8 nitrogen and oxygen atoms in total. The summed E-state index contributed by atoms with van der Waals surface area (Å²) >= 11 is 0. The number of nitrogens with one attached hydrogen (secondary N) is 1. The van der Waals surface area contributed by atoms with Gasteiger partial charge < -0.3 is 15.2 Å². The number of amides is 2. The predicted octanol–water partition coefficient (Wildman–Crippen LogP) is 2.16. The van der Waals surface area contributed by atoms with Gasteiger partial charge in [-0.3, -0.25) is 14.5 Å². The van der Waals surface area contributed by atoms with Crippen LogP contribution >= 0.6 is 0 Å². The number of para-hydroxylation sites is 1. The van der Waals surface area contributed by atoms with E-state index in [1.165, 1.54) is 12.1 Å². The fraction of sp³-hybridized carbons (Fsp3) is 0.100. The molecule has 0 saturated heterocycles. The van der Waals surface area contributed by atoms with Crippen molar-refractivity contribution >= 4 is 34.7 Å². The number of benzene rings is 2. The number of aromatic amines is 1. The second kappa shape index (κ2) is 6.34. The van der Waals surface area contributed by atoms with E-state index < -0.39 is 29.8 Å². The molecule has 0 aliphatic carbocycles. The minimum absolute atomic E-state index is 0.000164. The van der Waals surface area contributed by atoms with Crippen LogP contribution in [0.3, 0.4) is 0 Å². The van der Waals surface area contributed by atoms with E-state index in [0.717, 1.165) is 17.0 Å². The molecular weight excluding hydrogens is 364 g/mol. The van der Waals surface area contributed by atoms with E-state index in [0.29, 0.717) is 10.5 Å². The summed E-state index contributed by atoms with van der Waals surface area (Å²) in [4.78, 5) is 52.3. The number of nitrogens with zero attached hydrogens (tertiary/aromatic N) is 1. The second-order valence-electron chi connectivity index (χ2n) is 6.46. The van der Waals surface area contributed by atoms with E-state index in [9.17, 15) is 24.3 Å². The Kier molecular flexibility index (Phi) is 3.96. The largest absolute Gasteiger partial charge is 0.480 e. The van der Waals surface area contributed by atoms with Crippen molar-refractivity contribution in [2.75, 3.05) is 0 Å². The van der Waals surface area contributed by atoms with E-state index >= 15 is 0 Å². The molecule has 1 aliphatic heterocycles. The van der Waals surface area contributed by atoms with Gasteiger partial charge in [-0.2, -0.15) is 0 Å². The maximum Gasteiger partial charge on any atom is 0.335 e. The van der Waals surface area contributed by atoms with E-state index in [2.05, 4.69) is 4.98 Å². The van der Waals surface area contributed by atoms with Crippen molar-refractivity contribution < 1.29 is 29.4 Å². The van der Waals surface area contributed by atoms with Crippen LogP contribution in [0.5, 0.6) is 0 Å². The van der Waals surface area contributed by atoms with Gasteiger partial charge in [0.05, 0.1) is 16.7 Å². The number of hydrogen-bond acceptors (Lipinski definition) is 4. The van der Waals surface area contributed by atoms with Crippen molar-refractivity contribution in [2.45, 2.75) is 12.5 Å². The molecule has 0 bridgehead atoms. The molecule has 3 aromatic rings. The lowest BCUT2D eigenvalue weighted by Crippen LogP contribution is -2.46. The SMILES string of the molecule is O=C(O)c1ccc2c(c1)C(=O)N([C@H](Cc1c[nH]c3ccccc13)C(=O)O)C2=O. The molecule has 0 fully saturated rings. The third-order valence-electron chi connectivity index (χ3n) is 4.85. The Bertz CT molecular complexity index is 1160. The number of carbonyl (C=O) groups is 4. The van der Waals surface area contributed by atoms with Crippen LogP contribution in [0.1, 0.15) is 36.6 Å². The lowest BCUT2D eigenvalue weighted by atomic mass is 10.0. The second-order valence-corrected chi connectivity index (χ2v) is 6.46. The Morgan fingerprint density at radius 3 is 2.43 bits per heavy atom. The number of carboxylic acid groups (broad SMARTS) is 2. The molecule has 2 heterocycles. The molecule has 0 spiro atoms. The molecule has 8 heteroatoms. The first-order valence-corrected chi connectivity index (χ1v) is 8.41. The fourth-order valence-electron chi connectivity index (χ4n) is 3.47. The molecule has 28 heavy (non-hydrogen) atoms. The van der Waals surface area contributed by atoms with Crippen LogP contribution in [-0.2, 0) is 11.2 Å². The third kappa shape index (κ3) is 2.62. The van der Waals surface area contributed by atoms with E-state index in [1.807, 2.05) is 24.3 Å². The Morgan fingerprint density at radius 1 is 1.00 bits per heavy atom. The summed E-state index contributed by atoms with van der Waals surface area (Å²) in [7, 11) is 0. The molecule has 0 saturated carbocycles. The predicted molar refractivity (Wildman–Crippen MR) is 97.3 cm³/mol. The van der Waals surface area contributed by atoms with Crippen molar-refractivity contribution in [3.05, 3.63) is 70.9 Å². The zero-order valence-corrected chi connectivity index (χ0v) is 14.4. The molecule has 0 unspecified atom stereocenters. The highest BCUT2D eigenvalue weighted by atomic mass is 16.4. The van der Waals surface area contributed by atoms with Gasteiger partial charge in [0.2, 0.25) is 0 Å². The molecule has 1 aliphatic rings. The van der Waals surface area contributed by atoms with Crippen LogP contribution in [0.15, 0.2) is 48.7 Å². The van der Waals surface area contributed by atoms with Gasteiger partial charge >= 0.3 is 11.9 Å². The average molecular weight is 378 g/mol. The highest BCUT2D eigenvalue weighted by Crippen LogP contribution is 2.28. The monoisotopic (exact) mass is 378 g/mol. The van der Waals surface area contributed by atoms with Crippen molar-refractivity contribution in [2.24, 2.45) is 0 Å². The van der Waals surface area contributed by atoms with Gasteiger partial charge in [0.1, 0.15) is 6.04 Å². The summed E-state index contributed by atoms with van der Waals surface area (Å²) in [6, 6.07) is 9.44.